The second kappa shape index (κ2) is 6.54. The van der Waals surface area contributed by atoms with Gasteiger partial charge in [0.25, 0.3) is 11.8 Å². The van der Waals surface area contributed by atoms with Gasteiger partial charge in [-0.15, -0.1) is 0 Å². The van der Waals surface area contributed by atoms with E-state index in [1.165, 1.54) is 0 Å². The van der Waals surface area contributed by atoms with Crippen LogP contribution in [0, 0.1) is 0 Å². The van der Waals surface area contributed by atoms with Gasteiger partial charge in [0.15, 0.2) is 5.60 Å². The first-order valence-corrected chi connectivity index (χ1v) is 8.98. The summed E-state index contributed by atoms with van der Waals surface area (Å²) in [4.78, 5) is 37.3. The molecule has 1 aliphatic carbocycles. The highest BCUT2D eigenvalue weighted by atomic mass is 16.6. The molecule has 0 unspecified atom stereocenters. The fourth-order valence-electron chi connectivity index (χ4n) is 3.16. The van der Waals surface area contributed by atoms with E-state index in [0.717, 1.165) is 18.4 Å². The predicted molar refractivity (Wildman–Crippen MR) is 99.5 cm³/mol. The molecule has 0 aromatic heterocycles. The van der Waals surface area contributed by atoms with Gasteiger partial charge in [0.05, 0.1) is 5.56 Å². The Labute approximate surface area is 156 Å². The summed E-state index contributed by atoms with van der Waals surface area (Å²) in [6.07, 6.45) is 2.31. The van der Waals surface area contributed by atoms with Crippen LogP contribution >= 0.6 is 0 Å². The molecular formula is C21H20N2O4. The topological polar surface area (TPSA) is 84.5 Å². The van der Waals surface area contributed by atoms with Gasteiger partial charge in [-0.2, -0.15) is 0 Å². The first-order chi connectivity index (χ1) is 12.9. The first kappa shape index (κ1) is 17.3. The number of fused-ring (bicyclic) bond motifs is 1. The standard InChI is InChI=1S/C21H20N2O4/c1-21(12-14-5-2-3-8-17(14)19(25)27-21)20(26)23-16-7-4-6-13(11-16)18(24)22-15-9-10-15/h2-8,11,15H,9-10,12H2,1H3,(H,22,24)(H,23,26)/t21-/m1/s1. The Morgan fingerprint density at radius 2 is 1.89 bits per heavy atom. The molecule has 0 saturated heterocycles. The number of rotatable bonds is 4. The van der Waals surface area contributed by atoms with Crippen molar-refractivity contribution in [2.24, 2.45) is 0 Å². The fraction of sp³-hybridized carbons (Fsp3) is 0.286. The monoisotopic (exact) mass is 364 g/mol. The number of hydrogen-bond acceptors (Lipinski definition) is 4. The molecule has 1 aliphatic heterocycles. The average molecular weight is 364 g/mol. The number of esters is 1. The number of anilines is 1. The van der Waals surface area contributed by atoms with Crippen molar-refractivity contribution in [2.45, 2.75) is 37.8 Å². The predicted octanol–water partition coefficient (Wildman–Crippen LogP) is 2.69. The molecule has 4 rings (SSSR count). The van der Waals surface area contributed by atoms with Crippen LogP contribution < -0.4 is 10.6 Å². The summed E-state index contributed by atoms with van der Waals surface area (Å²) in [6, 6.07) is 14.1. The largest absolute Gasteiger partial charge is 0.445 e. The van der Waals surface area contributed by atoms with E-state index in [4.69, 9.17) is 4.74 Å². The van der Waals surface area contributed by atoms with Crippen LogP contribution in [0.3, 0.4) is 0 Å². The SMILES string of the molecule is C[C@]1(C(=O)Nc2cccc(C(=O)NC3CC3)c2)Cc2ccccc2C(=O)O1. The van der Waals surface area contributed by atoms with Crippen molar-refractivity contribution in [1.29, 1.82) is 0 Å². The van der Waals surface area contributed by atoms with E-state index < -0.39 is 17.5 Å². The Morgan fingerprint density at radius 3 is 2.67 bits per heavy atom. The van der Waals surface area contributed by atoms with Crippen LogP contribution in [0.25, 0.3) is 0 Å². The van der Waals surface area contributed by atoms with Crippen molar-refractivity contribution in [2.75, 3.05) is 5.32 Å². The number of cyclic esters (lactones) is 1. The van der Waals surface area contributed by atoms with Crippen LogP contribution in [0.4, 0.5) is 5.69 Å². The molecule has 1 saturated carbocycles. The summed E-state index contributed by atoms with van der Waals surface area (Å²) >= 11 is 0. The molecule has 2 aromatic rings. The third-order valence-corrected chi connectivity index (χ3v) is 4.86. The Balaban J connectivity index is 1.50. The van der Waals surface area contributed by atoms with Crippen molar-refractivity contribution in [3.63, 3.8) is 0 Å². The van der Waals surface area contributed by atoms with Gasteiger partial charge in [-0.25, -0.2) is 4.79 Å². The van der Waals surface area contributed by atoms with E-state index in [9.17, 15) is 14.4 Å². The zero-order valence-electron chi connectivity index (χ0n) is 15.0. The maximum atomic E-state index is 12.8. The maximum Gasteiger partial charge on any atom is 0.339 e. The van der Waals surface area contributed by atoms with E-state index in [1.54, 1.807) is 43.3 Å². The average Bonchev–Trinajstić information content (AvgIpc) is 3.46. The number of amides is 2. The molecule has 2 N–H and O–H groups in total. The summed E-state index contributed by atoms with van der Waals surface area (Å²) in [6.45, 7) is 1.60. The Bertz CT molecular complexity index is 935. The lowest BCUT2D eigenvalue weighted by Crippen LogP contribution is -2.48. The summed E-state index contributed by atoms with van der Waals surface area (Å²) in [7, 11) is 0. The minimum Gasteiger partial charge on any atom is -0.445 e. The molecule has 0 bridgehead atoms. The molecule has 2 aliphatic rings. The molecule has 138 valence electrons. The van der Waals surface area contributed by atoms with Crippen LogP contribution in [0.1, 0.15) is 46.0 Å². The molecule has 2 aromatic carbocycles. The molecular weight excluding hydrogens is 344 g/mol. The molecule has 1 atom stereocenters. The van der Waals surface area contributed by atoms with Crippen LogP contribution in [0.2, 0.25) is 0 Å². The van der Waals surface area contributed by atoms with Crippen molar-refractivity contribution in [3.05, 3.63) is 65.2 Å². The van der Waals surface area contributed by atoms with Gasteiger partial charge in [0, 0.05) is 23.7 Å². The molecule has 6 heteroatoms. The van der Waals surface area contributed by atoms with E-state index in [0.29, 0.717) is 23.2 Å². The van der Waals surface area contributed by atoms with Gasteiger partial charge in [-0.3, -0.25) is 9.59 Å². The summed E-state index contributed by atoms with van der Waals surface area (Å²) in [5, 5.41) is 5.69. The second-order valence-electron chi connectivity index (χ2n) is 7.24. The quantitative estimate of drug-likeness (QED) is 0.817. The third kappa shape index (κ3) is 3.56. The zero-order chi connectivity index (χ0) is 19.0. The van der Waals surface area contributed by atoms with Gasteiger partial charge in [0.2, 0.25) is 0 Å². The number of benzene rings is 2. The van der Waals surface area contributed by atoms with Crippen molar-refractivity contribution < 1.29 is 19.1 Å². The third-order valence-electron chi connectivity index (χ3n) is 4.86. The van der Waals surface area contributed by atoms with Gasteiger partial charge in [0.1, 0.15) is 0 Å². The van der Waals surface area contributed by atoms with Gasteiger partial charge in [-0.1, -0.05) is 24.3 Å². The minimum atomic E-state index is -1.31. The number of carbonyl (C=O) groups is 3. The molecule has 0 spiro atoms. The highest BCUT2D eigenvalue weighted by Crippen LogP contribution is 2.29. The minimum absolute atomic E-state index is 0.155. The normalized spacial score (nSPS) is 21.0. The number of nitrogens with one attached hydrogen (secondary N) is 2. The lowest BCUT2D eigenvalue weighted by atomic mass is 9.89. The van der Waals surface area contributed by atoms with Crippen molar-refractivity contribution >= 4 is 23.5 Å². The number of carbonyl (C=O) groups excluding carboxylic acids is 3. The van der Waals surface area contributed by atoms with E-state index in [-0.39, 0.29) is 11.9 Å². The molecule has 27 heavy (non-hydrogen) atoms. The summed E-state index contributed by atoms with van der Waals surface area (Å²) in [5.74, 6) is -1.09. The summed E-state index contributed by atoms with van der Waals surface area (Å²) < 4.78 is 5.44. The number of hydrogen-bond donors (Lipinski definition) is 2. The lowest BCUT2D eigenvalue weighted by Gasteiger charge is -2.33. The first-order valence-electron chi connectivity index (χ1n) is 8.98. The van der Waals surface area contributed by atoms with Gasteiger partial charge in [-0.05, 0) is 49.6 Å². The fourth-order valence-corrected chi connectivity index (χ4v) is 3.16. The second-order valence-corrected chi connectivity index (χ2v) is 7.24. The maximum absolute atomic E-state index is 12.8. The van der Waals surface area contributed by atoms with Crippen molar-refractivity contribution in [1.82, 2.24) is 5.32 Å². The Hall–Kier alpha value is -3.15. The molecule has 1 heterocycles. The zero-order valence-corrected chi connectivity index (χ0v) is 15.0. The summed E-state index contributed by atoms with van der Waals surface area (Å²) in [5.41, 5.74) is 0.929. The van der Waals surface area contributed by atoms with E-state index in [2.05, 4.69) is 10.6 Å². The van der Waals surface area contributed by atoms with Gasteiger partial charge < -0.3 is 15.4 Å². The highest BCUT2D eigenvalue weighted by Gasteiger charge is 2.42. The van der Waals surface area contributed by atoms with Crippen LogP contribution in [0.15, 0.2) is 48.5 Å². The Morgan fingerprint density at radius 1 is 1.11 bits per heavy atom. The molecule has 6 nitrogen and oxygen atoms in total. The molecule has 1 fully saturated rings. The van der Waals surface area contributed by atoms with Crippen molar-refractivity contribution in [3.8, 4) is 0 Å². The highest BCUT2D eigenvalue weighted by molar-refractivity contribution is 6.03. The van der Waals surface area contributed by atoms with Crippen LogP contribution in [-0.4, -0.2) is 29.4 Å². The van der Waals surface area contributed by atoms with E-state index in [1.807, 2.05) is 12.1 Å². The Kier molecular flexibility index (Phi) is 4.18. The smallest absolute Gasteiger partial charge is 0.339 e. The van der Waals surface area contributed by atoms with E-state index >= 15 is 0 Å². The molecule has 0 radical (unpaired) electrons. The lowest BCUT2D eigenvalue weighted by molar-refractivity contribution is -0.134. The number of ether oxygens (including phenoxy) is 1. The molecule has 2 amide bonds. The van der Waals surface area contributed by atoms with Crippen LogP contribution in [0.5, 0.6) is 0 Å². The van der Waals surface area contributed by atoms with Gasteiger partial charge >= 0.3 is 5.97 Å². The van der Waals surface area contributed by atoms with Crippen LogP contribution in [-0.2, 0) is 16.0 Å².